The number of nitrogens with two attached hydrogens (primary N) is 1. The summed E-state index contributed by atoms with van der Waals surface area (Å²) in [5.74, 6) is -1.07. The molecule has 3 aromatic rings. The lowest BCUT2D eigenvalue weighted by molar-refractivity contribution is -0.137. The Hall–Kier alpha value is -3.08. The van der Waals surface area contributed by atoms with Crippen LogP contribution in [0, 0.1) is 5.82 Å². The Labute approximate surface area is 160 Å². The number of carbonyl (C=O) groups excluding carboxylic acids is 1. The smallest absolute Gasteiger partial charge is 0.368 e. The van der Waals surface area contributed by atoms with Crippen molar-refractivity contribution in [2.75, 3.05) is 11.1 Å². The van der Waals surface area contributed by atoms with E-state index in [1.54, 1.807) is 12.1 Å². The third-order valence-electron chi connectivity index (χ3n) is 3.60. The van der Waals surface area contributed by atoms with Crippen LogP contribution in [0.5, 0.6) is 0 Å². The van der Waals surface area contributed by atoms with Gasteiger partial charge in [0.05, 0.1) is 11.3 Å². The first kappa shape index (κ1) is 19.7. The number of hydrogen-bond acceptors (Lipinski definition) is 5. The van der Waals surface area contributed by atoms with Crippen molar-refractivity contribution in [2.45, 2.75) is 17.1 Å². The van der Waals surface area contributed by atoms with Gasteiger partial charge in [0.1, 0.15) is 5.82 Å². The number of benzene rings is 2. The first-order valence-corrected chi connectivity index (χ1v) is 8.78. The summed E-state index contributed by atoms with van der Waals surface area (Å²) >= 11 is 1.32. The topological polar surface area (TPSA) is 96.7 Å². The molecule has 0 spiro atoms. The number of nitrogens with zero attached hydrogens (tertiary/aromatic N) is 2. The molecule has 0 fully saturated rings. The summed E-state index contributed by atoms with van der Waals surface area (Å²) in [6.07, 6.45) is -4.80. The number of aromatic amines is 1. The van der Waals surface area contributed by atoms with Crippen LogP contribution >= 0.6 is 11.8 Å². The monoisotopic (exact) mass is 411 g/mol. The summed E-state index contributed by atoms with van der Waals surface area (Å²) in [5.41, 5.74) is 4.68. The molecule has 3 rings (SSSR count). The minimum absolute atomic E-state index is 0.160. The maximum atomic E-state index is 13.1. The van der Waals surface area contributed by atoms with Gasteiger partial charge in [-0.2, -0.15) is 18.2 Å². The standard InChI is InChI=1S/C17H13F4N5OS/c18-11-5-6-13(12(7-11)17(19,20)21)23-14(27)10-3-1-9(2-4-10)8-28-16-24-15(22)25-26-16/h1-7H,8H2,(H,23,27)(H3,22,24,25,26). The average molecular weight is 411 g/mol. The summed E-state index contributed by atoms with van der Waals surface area (Å²) in [4.78, 5) is 16.2. The summed E-state index contributed by atoms with van der Waals surface area (Å²) in [6, 6.07) is 8.35. The molecular formula is C17H13F4N5OS. The molecule has 0 bridgehead atoms. The Kier molecular flexibility index (Phi) is 5.54. The average Bonchev–Trinajstić information content (AvgIpc) is 3.06. The van der Waals surface area contributed by atoms with Crippen molar-refractivity contribution in [3.05, 3.63) is 65.0 Å². The highest BCUT2D eigenvalue weighted by atomic mass is 32.2. The van der Waals surface area contributed by atoms with Crippen molar-refractivity contribution >= 4 is 29.3 Å². The van der Waals surface area contributed by atoms with Gasteiger partial charge in [-0.3, -0.25) is 4.79 Å². The molecule has 0 unspecified atom stereocenters. The van der Waals surface area contributed by atoms with Gasteiger partial charge in [-0.05, 0) is 35.9 Å². The maximum Gasteiger partial charge on any atom is 0.418 e. The van der Waals surface area contributed by atoms with Crippen LogP contribution in [-0.2, 0) is 11.9 Å². The number of hydrogen-bond donors (Lipinski definition) is 3. The molecule has 0 radical (unpaired) electrons. The van der Waals surface area contributed by atoms with E-state index in [1.165, 1.54) is 23.9 Å². The van der Waals surface area contributed by atoms with Crippen LogP contribution in [0.15, 0.2) is 47.6 Å². The predicted octanol–water partition coefficient (Wildman–Crippen LogP) is 4.09. The van der Waals surface area contributed by atoms with Crippen LogP contribution in [0.4, 0.5) is 29.2 Å². The van der Waals surface area contributed by atoms with E-state index in [0.29, 0.717) is 17.0 Å². The van der Waals surface area contributed by atoms with Crippen LogP contribution < -0.4 is 11.1 Å². The van der Waals surface area contributed by atoms with Gasteiger partial charge < -0.3 is 11.1 Å². The van der Waals surface area contributed by atoms with Crippen molar-refractivity contribution in [2.24, 2.45) is 0 Å². The Bertz CT molecular complexity index is 988. The SMILES string of the molecule is Nc1nc(SCc2ccc(C(=O)Nc3ccc(F)cc3C(F)(F)F)cc2)n[nH]1. The normalized spacial score (nSPS) is 11.4. The number of thioether (sulfide) groups is 1. The minimum Gasteiger partial charge on any atom is -0.368 e. The lowest BCUT2D eigenvalue weighted by atomic mass is 10.1. The van der Waals surface area contributed by atoms with Crippen LogP contribution in [0.1, 0.15) is 21.5 Å². The number of amides is 1. The van der Waals surface area contributed by atoms with Gasteiger partial charge in [-0.25, -0.2) is 9.49 Å². The fourth-order valence-electron chi connectivity index (χ4n) is 2.28. The molecule has 0 saturated heterocycles. The molecule has 0 saturated carbocycles. The Morgan fingerprint density at radius 2 is 1.89 bits per heavy atom. The van der Waals surface area contributed by atoms with E-state index in [1.807, 2.05) is 0 Å². The second-order valence-electron chi connectivity index (χ2n) is 5.63. The molecule has 1 amide bonds. The van der Waals surface area contributed by atoms with Gasteiger partial charge in [-0.15, -0.1) is 5.10 Å². The van der Waals surface area contributed by atoms with Crippen molar-refractivity contribution < 1.29 is 22.4 Å². The lowest BCUT2D eigenvalue weighted by Crippen LogP contribution is -2.17. The molecule has 1 heterocycles. The molecule has 0 atom stereocenters. The molecular weight excluding hydrogens is 398 g/mol. The number of alkyl halides is 3. The molecule has 6 nitrogen and oxygen atoms in total. The lowest BCUT2D eigenvalue weighted by Gasteiger charge is -2.14. The van der Waals surface area contributed by atoms with E-state index in [-0.39, 0.29) is 11.5 Å². The van der Waals surface area contributed by atoms with Crippen LogP contribution in [0.25, 0.3) is 0 Å². The van der Waals surface area contributed by atoms with Crippen molar-refractivity contribution in [3.63, 3.8) is 0 Å². The van der Waals surface area contributed by atoms with E-state index in [9.17, 15) is 22.4 Å². The van der Waals surface area contributed by atoms with Gasteiger partial charge in [0.15, 0.2) is 0 Å². The summed E-state index contributed by atoms with van der Waals surface area (Å²) in [6.45, 7) is 0. The summed E-state index contributed by atoms with van der Waals surface area (Å²) < 4.78 is 52.2. The zero-order valence-electron chi connectivity index (χ0n) is 14.0. The maximum absolute atomic E-state index is 13.1. The first-order valence-electron chi connectivity index (χ1n) is 7.80. The molecule has 146 valence electrons. The Morgan fingerprint density at radius 1 is 1.18 bits per heavy atom. The van der Waals surface area contributed by atoms with Crippen LogP contribution in [0.2, 0.25) is 0 Å². The van der Waals surface area contributed by atoms with Crippen molar-refractivity contribution in [1.29, 1.82) is 0 Å². The van der Waals surface area contributed by atoms with Crippen molar-refractivity contribution in [3.8, 4) is 0 Å². The molecule has 0 aliphatic rings. The highest BCUT2D eigenvalue weighted by Crippen LogP contribution is 2.35. The molecule has 4 N–H and O–H groups in total. The van der Waals surface area contributed by atoms with Gasteiger partial charge in [0, 0.05) is 11.3 Å². The van der Waals surface area contributed by atoms with E-state index >= 15 is 0 Å². The number of nitrogens with one attached hydrogen (secondary N) is 2. The van der Waals surface area contributed by atoms with Crippen LogP contribution in [-0.4, -0.2) is 21.1 Å². The molecule has 2 aromatic carbocycles. The Balaban J connectivity index is 1.68. The quantitative estimate of drug-likeness (QED) is 0.434. The zero-order valence-corrected chi connectivity index (χ0v) is 14.9. The molecule has 0 aliphatic carbocycles. The van der Waals surface area contributed by atoms with Crippen LogP contribution in [0.3, 0.4) is 0 Å². The van der Waals surface area contributed by atoms with Gasteiger partial charge >= 0.3 is 6.18 Å². The van der Waals surface area contributed by atoms with E-state index in [4.69, 9.17) is 5.73 Å². The predicted molar refractivity (Wildman–Crippen MR) is 96.2 cm³/mol. The van der Waals surface area contributed by atoms with E-state index in [0.717, 1.165) is 17.7 Å². The van der Waals surface area contributed by atoms with Gasteiger partial charge in [0.2, 0.25) is 11.1 Å². The van der Waals surface area contributed by atoms with Gasteiger partial charge in [-0.1, -0.05) is 23.9 Å². The van der Waals surface area contributed by atoms with Gasteiger partial charge in [0.25, 0.3) is 5.91 Å². The fourth-order valence-corrected chi connectivity index (χ4v) is 3.04. The highest BCUT2D eigenvalue weighted by Gasteiger charge is 2.34. The summed E-state index contributed by atoms with van der Waals surface area (Å²) in [5, 5.41) is 9.03. The Morgan fingerprint density at radius 3 is 2.50 bits per heavy atom. The minimum atomic E-state index is -4.80. The first-order chi connectivity index (χ1) is 13.2. The van der Waals surface area contributed by atoms with Crippen molar-refractivity contribution in [1.82, 2.24) is 15.2 Å². The fraction of sp³-hybridized carbons (Fsp3) is 0.118. The number of nitrogen functional groups attached to an aromatic ring is 1. The number of rotatable bonds is 5. The molecule has 11 heteroatoms. The zero-order chi connectivity index (χ0) is 20.3. The second-order valence-corrected chi connectivity index (χ2v) is 6.57. The third kappa shape index (κ3) is 4.80. The number of H-pyrrole nitrogens is 1. The second kappa shape index (κ2) is 7.89. The molecule has 1 aromatic heterocycles. The number of aromatic nitrogens is 3. The molecule has 28 heavy (non-hydrogen) atoms. The number of carbonyl (C=O) groups is 1. The number of halogens is 4. The van der Waals surface area contributed by atoms with E-state index < -0.39 is 29.2 Å². The third-order valence-corrected chi connectivity index (χ3v) is 4.52. The highest BCUT2D eigenvalue weighted by molar-refractivity contribution is 7.98. The molecule has 0 aliphatic heterocycles. The summed E-state index contributed by atoms with van der Waals surface area (Å²) in [7, 11) is 0. The number of anilines is 2. The largest absolute Gasteiger partial charge is 0.418 e. The van der Waals surface area contributed by atoms with E-state index in [2.05, 4.69) is 20.5 Å².